The number of hydrogen-bond acceptors (Lipinski definition) is 5. The maximum Gasteiger partial charge on any atom is 0.410 e. The summed E-state index contributed by atoms with van der Waals surface area (Å²) in [5, 5.41) is 0. The van der Waals surface area contributed by atoms with Crippen LogP contribution < -0.4 is 10.6 Å². The van der Waals surface area contributed by atoms with Crippen LogP contribution in [0.5, 0.6) is 0 Å². The van der Waals surface area contributed by atoms with E-state index in [4.69, 9.17) is 15.2 Å². The maximum atomic E-state index is 12.4. The summed E-state index contributed by atoms with van der Waals surface area (Å²) in [5.41, 5.74) is 7.09. The summed E-state index contributed by atoms with van der Waals surface area (Å²) in [5.74, 6) is 0. The topological polar surface area (TPSA) is 68.0 Å². The summed E-state index contributed by atoms with van der Waals surface area (Å²) in [6.45, 7) is 8.17. The summed E-state index contributed by atoms with van der Waals surface area (Å²) in [6, 6.07) is 7.74. The van der Waals surface area contributed by atoms with Gasteiger partial charge in [0.2, 0.25) is 0 Å². The van der Waals surface area contributed by atoms with E-state index in [1.54, 1.807) is 12.0 Å². The van der Waals surface area contributed by atoms with Gasteiger partial charge in [0.25, 0.3) is 0 Å². The second-order valence-electron chi connectivity index (χ2n) is 6.82. The fraction of sp³-hybridized carbons (Fsp3) is 0.588. The molecule has 1 atom stereocenters. The molecular weight excluding hydrogens is 294 g/mol. The van der Waals surface area contributed by atoms with Crippen molar-refractivity contribution in [2.24, 2.45) is 0 Å². The molecule has 1 heterocycles. The Morgan fingerprint density at radius 2 is 1.91 bits per heavy atom. The van der Waals surface area contributed by atoms with Crippen LogP contribution in [-0.2, 0) is 9.47 Å². The normalized spacial score (nSPS) is 18.9. The first kappa shape index (κ1) is 17.4. The molecule has 0 saturated carbocycles. The van der Waals surface area contributed by atoms with Crippen LogP contribution in [0.25, 0.3) is 0 Å². The summed E-state index contributed by atoms with van der Waals surface area (Å²) in [6.07, 6.45) is -0.281. The van der Waals surface area contributed by atoms with Crippen molar-refractivity contribution in [2.45, 2.75) is 32.4 Å². The van der Waals surface area contributed by atoms with Crippen LogP contribution in [0.3, 0.4) is 0 Å². The van der Waals surface area contributed by atoms with Crippen LogP contribution in [0.4, 0.5) is 16.2 Å². The lowest BCUT2D eigenvalue weighted by atomic mass is 10.1. The molecule has 2 N–H and O–H groups in total. The standard InChI is InChI=1S/C17H27N3O3/c1-17(2,3)23-16(21)20-10-9-19(11-15(20)12-22-4)14-7-5-13(18)6-8-14/h5-8,15H,9-12,18H2,1-4H3. The summed E-state index contributed by atoms with van der Waals surface area (Å²) in [7, 11) is 1.65. The lowest BCUT2D eigenvalue weighted by Gasteiger charge is -2.42. The van der Waals surface area contributed by atoms with E-state index in [2.05, 4.69) is 4.90 Å². The number of carbonyl (C=O) groups excluding carboxylic acids is 1. The molecule has 1 aliphatic rings. The van der Waals surface area contributed by atoms with Crippen LogP contribution in [-0.4, -0.2) is 56.0 Å². The van der Waals surface area contributed by atoms with Gasteiger partial charge in [0.1, 0.15) is 5.60 Å². The van der Waals surface area contributed by atoms with Crippen LogP contribution in [0.1, 0.15) is 20.8 Å². The Kier molecular flexibility index (Phi) is 5.36. The van der Waals surface area contributed by atoms with E-state index in [1.165, 1.54) is 0 Å². The Balaban J connectivity index is 2.08. The molecule has 1 amide bonds. The van der Waals surface area contributed by atoms with Crippen molar-refractivity contribution in [1.29, 1.82) is 0 Å². The number of anilines is 2. The first-order valence-corrected chi connectivity index (χ1v) is 7.89. The second-order valence-corrected chi connectivity index (χ2v) is 6.82. The number of ether oxygens (including phenoxy) is 2. The fourth-order valence-electron chi connectivity index (χ4n) is 2.67. The summed E-state index contributed by atoms with van der Waals surface area (Å²) in [4.78, 5) is 16.4. The van der Waals surface area contributed by atoms with Gasteiger partial charge in [-0.1, -0.05) is 0 Å². The highest BCUT2D eigenvalue weighted by atomic mass is 16.6. The van der Waals surface area contributed by atoms with Gasteiger partial charge >= 0.3 is 6.09 Å². The lowest BCUT2D eigenvalue weighted by Crippen LogP contribution is -2.57. The molecule has 1 aromatic rings. The van der Waals surface area contributed by atoms with Crippen molar-refractivity contribution >= 4 is 17.5 Å². The zero-order valence-electron chi connectivity index (χ0n) is 14.4. The van der Waals surface area contributed by atoms with Crippen molar-refractivity contribution in [1.82, 2.24) is 4.90 Å². The number of carbonyl (C=O) groups is 1. The summed E-state index contributed by atoms with van der Waals surface area (Å²) < 4.78 is 10.8. The molecule has 23 heavy (non-hydrogen) atoms. The lowest BCUT2D eigenvalue weighted by molar-refractivity contribution is 0.00344. The number of rotatable bonds is 3. The predicted molar refractivity (Wildman–Crippen MR) is 91.7 cm³/mol. The van der Waals surface area contributed by atoms with E-state index in [9.17, 15) is 4.79 Å². The molecule has 1 saturated heterocycles. The molecule has 0 aliphatic carbocycles. The minimum Gasteiger partial charge on any atom is -0.444 e. The molecule has 1 fully saturated rings. The minimum atomic E-state index is -0.497. The highest BCUT2D eigenvalue weighted by molar-refractivity contribution is 5.69. The molecule has 6 nitrogen and oxygen atoms in total. The van der Waals surface area contributed by atoms with Crippen LogP contribution >= 0.6 is 0 Å². The average molecular weight is 321 g/mol. The van der Waals surface area contributed by atoms with Crippen molar-refractivity contribution in [3.8, 4) is 0 Å². The van der Waals surface area contributed by atoms with Gasteiger partial charge in [-0.25, -0.2) is 4.79 Å². The third kappa shape index (κ3) is 4.76. The van der Waals surface area contributed by atoms with E-state index in [0.717, 1.165) is 17.9 Å². The molecule has 1 aliphatic heterocycles. The smallest absolute Gasteiger partial charge is 0.410 e. The maximum absolute atomic E-state index is 12.4. The van der Waals surface area contributed by atoms with Gasteiger partial charge in [0.15, 0.2) is 0 Å². The second kappa shape index (κ2) is 7.08. The molecule has 0 spiro atoms. The largest absolute Gasteiger partial charge is 0.444 e. The quantitative estimate of drug-likeness (QED) is 0.866. The molecule has 128 valence electrons. The molecule has 1 aromatic carbocycles. The number of methoxy groups -OCH3 is 1. The van der Waals surface area contributed by atoms with E-state index in [0.29, 0.717) is 19.7 Å². The number of nitrogens with zero attached hydrogens (tertiary/aromatic N) is 2. The average Bonchev–Trinajstić information content (AvgIpc) is 2.46. The number of hydrogen-bond donors (Lipinski definition) is 1. The molecule has 6 heteroatoms. The molecule has 0 aromatic heterocycles. The van der Waals surface area contributed by atoms with Gasteiger partial charge in [-0.15, -0.1) is 0 Å². The van der Waals surface area contributed by atoms with Crippen molar-refractivity contribution in [3.63, 3.8) is 0 Å². The van der Waals surface area contributed by atoms with Gasteiger partial charge < -0.3 is 20.1 Å². The van der Waals surface area contributed by atoms with Crippen LogP contribution in [0, 0.1) is 0 Å². The van der Waals surface area contributed by atoms with Gasteiger partial charge in [0, 0.05) is 38.1 Å². The van der Waals surface area contributed by atoms with E-state index >= 15 is 0 Å². The molecule has 1 unspecified atom stereocenters. The van der Waals surface area contributed by atoms with E-state index < -0.39 is 5.60 Å². The number of benzene rings is 1. The molecule has 0 bridgehead atoms. The third-order valence-corrected chi connectivity index (χ3v) is 3.73. The predicted octanol–water partition coefficient (Wildman–Crippen LogP) is 2.34. The fourth-order valence-corrected chi connectivity index (χ4v) is 2.67. The van der Waals surface area contributed by atoms with Crippen molar-refractivity contribution < 1.29 is 14.3 Å². The van der Waals surface area contributed by atoms with Gasteiger partial charge in [-0.3, -0.25) is 4.90 Å². The number of nitrogen functional groups attached to an aromatic ring is 1. The third-order valence-electron chi connectivity index (χ3n) is 3.73. The van der Waals surface area contributed by atoms with Crippen LogP contribution in [0.15, 0.2) is 24.3 Å². The van der Waals surface area contributed by atoms with Gasteiger partial charge in [0.05, 0.1) is 12.6 Å². The first-order chi connectivity index (χ1) is 10.8. The Morgan fingerprint density at radius 1 is 1.26 bits per heavy atom. The van der Waals surface area contributed by atoms with Crippen molar-refractivity contribution in [2.75, 3.05) is 44.0 Å². The molecular formula is C17H27N3O3. The SMILES string of the molecule is COCC1CN(c2ccc(N)cc2)CCN1C(=O)OC(C)(C)C. The Hall–Kier alpha value is -1.95. The Morgan fingerprint density at radius 3 is 2.48 bits per heavy atom. The monoisotopic (exact) mass is 321 g/mol. The van der Waals surface area contributed by atoms with Gasteiger partial charge in [-0.05, 0) is 45.0 Å². The molecule has 2 rings (SSSR count). The molecule has 0 radical (unpaired) electrons. The number of piperazine rings is 1. The number of nitrogens with two attached hydrogens (primary N) is 1. The van der Waals surface area contributed by atoms with Crippen molar-refractivity contribution in [3.05, 3.63) is 24.3 Å². The summed E-state index contributed by atoms with van der Waals surface area (Å²) >= 11 is 0. The van der Waals surface area contributed by atoms with Crippen LogP contribution in [0.2, 0.25) is 0 Å². The highest BCUT2D eigenvalue weighted by Gasteiger charge is 2.33. The first-order valence-electron chi connectivity index (χ1n) is 7.89. The van der Waals surface area contributed by atoms with E-state index in [-0.39, 0.29) is 12.1 Å². The zero-order valence-corrected chi connectivity index (χ0v) is 14.4. The highest BCUT2D eigenvalue weighted by Crippen LogP contribution is 2.22. The Bertz CT molecular complexity index is 525. The minimum absolute atomic E-state index is 0.0406. The number of amides is 1. The zero-order chi connectivity index (χ0) is 17.0. The van der Waals surface area contributed by atoms with Gasteiger partial charge in [-0.2, -0.15) is 0 Å². The van der Waals surface area contributed by atoms with E-state index in [1.807, 2.05) is 45.0 Å². The Labute approximate surface area is 138 Å².